The molecule has 3 saturated heterocycles. The minimum atomic E-state index is -0.239. The van der Waals surface area contributed by atoms with Crippen LogP contribution in [0.3, 0.4) is 0 Å². The zero-order chi connectivity index (χ0) is 21.1. The highest BCUT2D eigenvalue weighted by molar-refractivity contribution is 6.09. The molecule has 0 unspecified atom stereocenters. The van der Waals surface area contributed by atoms with E-state index < -0.39 is 0 Å². The number of nitrogens with one attached hydrogen (secondary N) is 2. The Morgan fingerprint density at radius 2 is 1.71 bits per heavy atom. The van der Waals surface area contributed by atoms with Crippen LogP contribution in [0.4, 0.5) is 5.69 Å². The van der Waals surface area contributed by atoms with Crippen molar-refractivity contribution in [3.05, 3.63) is 23.9 Å². The van der Waals surface area contributed by atoms with E-state index in [1.807, 2.05) is 0 Å². The second kappa shape index (κ2) is 7.15. The average molecular weight is 422 g/mol. The number of carbonyl (C=O) groups excluding carboxylic acids is 3. The van der Waals surface area contributed by atoms with Gasteiger partial charge in [0.15, 0.2) is 5.69 Å². The van der Waals surface area contributed by atoms with Crippen LogP contribution in [0.25, 0.3) is 10.9 Å². The lowest BCUT2D eigenvalue weighted by atomic mass is 9.84. The lowest BCUT2D eigenvalue weighted by molar-refractivity contribution is -0.117. The number of benzene rings is 1. The van der Waals surface area contributed by atoms with Gasteiger partial charge in [0.05, 0.1) is 5.52 Å². The number of anilines is 1. The number of fused-ring (bicyclic) bond motifs is 4. The van der Waals surface area contributed by atoms with Crippen LogP contribution in [0.5, 0.6) is 0 Å². The van der Waals surface area contributed by atoms with Crippen molar-refractivity contribution in [1.29, 1.82) is 0 Å². The second-order valence-corrected chi connectivity index (χ2v) is 9.59. The molecule has 8 heteroatoms. The molecule has 5 fully saturated rings. The summed E-state index contributed by atoms with van der Waals surface area (Å²) >= 11 is 0. The van der Waals surface area contributed by atoms with Crippen LogP contribution >= 0.6 is 0 Å². The Hall–Kier alpha value is -2.74. The van der Waals surface area contributed by atoms with E-state index in [4.69, 9.17) is 0 Å². The molecule has 2 amide bonds. The lowest BCUT2D eigenvalue weighted by Crippen LogP contribution is -2.57. The third kappa shape index (κ3) is 3.52. The molecule has 8 nitrogen and oxygen atoms in total. The molecule has 2 aliphatic carbocycles. The Morgan fingerprint density at radius 3 is 2.35 bits per heavy atom. The summed E-state index contributed by atoms with van der Waals surface area (Å²) in [6, 6.07) is 5.48. The number of carbonyl (C=O) groups is 3. The van der Waals surface area contributed by atoms with E-state index in [1.165, 1.54) is 4.68 Å². The number of amides is 2. The molecule has 0 radical (unpaired) electrons. The Morgan fingerprint density at radius 1 is 0.968 bits per heavy atom. The molecule has 0 spiro atoms. The molecule has 4 heterocycles. The maximum absolute atomic E-state index is 13.3. The fourth-order valence-electron chi connectivity index (χ4n) is 4.99. The number of rotatable bonds is 5. The summed E-state index contributed by atoms with van der Waals surface area (Å²) in [5.41, 5.74) is 1.53. The molecule has 1 aromatic carbocycles. The van der Waals surface area contributed by atoms with E-state index in [0.29, 0.717) is 22.5 Å². The smallest absolute Gasteiger partial charge is 0.272 e. The first kappa shape index (κ1) is 19.0. The summed E-state index contributed by atoms with van der Waals surface area (Å²) in [7, 11) is 0. The van der Waals surface area contributed by atoms with Crippen molar-refractivity contribution < 1.29 is 14.4 Å². The number of hydrogen-bond acceptors (Lipinski definition) is 5. The van der Waals surface area contributed by atoms with Crippen LogP contribution in [-0.2, 0) is 4.79 Å². The predicted molar refractivity (Wildman–Crippen MR) is 115 cm³/mol. The largest absolute Gasteiger partial charge is 0.346 e. The van der Waals surface area contributed by atoms with E-state index >= 15 is 0 Å². The van der Waals surface area contributed by atoms with E-state index in [9.17, 15) is 14.4 Å². The summed E-state index contributed by atoms with van der Waals surface area (Å²) < 4.78 is 1.39. The molecule has 7 rings (SSSR count). The monoisotopic (exact) mass is 421 g/mol. The van der Waals surface area contributed by atoms with Crippen LogP contribution in [0.15, 0.2) is 18.2 Å². The Balaban J connectivity index is 1.33. The van der Waals surface area contributed by atoms with Gasteiger partial charge in [-0.2, -0.15) is 9.78 Å². The Labute approximate surface area is 180 Å². The number of aromatic nitrogens is 2. The molecule has 2 N–H and O–H groups in total. The van der Waals surface area contributed by atoms with Crippen LogP contribution < -0.4 is 10.6 Å². The molecule has 5 aliphatic rings. The minimum absolute atomic E-state index is 0.00450. The molecular formula is C23H27N5O3. The van der Waals surface area contributed by atoms with Crippen molar-refractivity contribution >= 4 is 34.3 Å². The first-order valence-electron chi connectivity index (χ1n) is 11.5. The molecule has 31 heavy (non-hydrogen) atoms. The van der Waals surface area contributed by atoms with E-state index in [-0.39, 0.29) is 41.3 Å². The predicted octanol–water partition coefficient (Wildman–Crippen LogP) is 2.26. The van der Waals surface area contributed by atoms with Crippen LogP contribution in [-0.4, -0.2) is 58.1 Å². The minimum Gasteiger partial charge on any atom is -0.346 e. The van der Waals surface area contributed by atoms with Crippen molar-refractivity contribution in [1.82, 2.24) is 20.0 Å². The quantitative estimate of drug-likeness (QED) is 0.772. The first-order valence-corrected chi connectivity index (χ1v) is 11.5. The van der Waals surface area contributed by atoms with E-state index in [2.05, 4.69) is 20.6 Å². The number of piperidine rings is 3. The Kier molecular flexibility index (Phi) is 4.38. The van der Waals surface area contributed by atoms with Crippen LogP contribution in [0, 0.1) is 17.8 Å². The van der Waals surface area contributed by atoms with E-state index in [0.717, 1.165) is 58.2 Å². The van der Waals surface area contributed by atoms with Gasteiger partial charge in [0.25, 0.3) is 11.8 Å². The highest BCUT2D eigenvalue weighted by Crippen LogP contribution is 2.34. The lowest BCUT2D eigenvalue weighted by Gasteiger charge is -2.44. The molecule has 2 bridgehead atoms. The van der Waals surface area contributed by atoms with Gasteiger partial charge in [-0.05, 0) is 75.7 Å². The zero-order valence-corrected chi connectivity index (χ0v) is 17.5. The molecule has 1 aromatic heterocycles. The Bertz CT molecular complexity index is 1080. The van der Waals surface area contributed by atoms with Gasteiger partial charge in [-0.15, -0.1) is 0 Å². The topological polar surface area (TPSA) is 96.3 Å². The van der Waals surface area contributed by atoms with Crippen LogP contribution in [0.2, 0.25) is 0 Å². The third-order valence-corrected chi connectivity index (χ3v) is 7.22. The third-order valence-electron chi connectivity index (χ3n) is 7.22. The molecular weight excluding hydrogens is 394 g/mol. The van der Waals surface area contributed by atoms with Crippen molar-refractivity contribution in [3.63, 3.8) is 0 Å². The average Bonchev–Trinajstić information content (AvgIpc) is 3.69. The fourth-order valence-corrected chi connectivity index (χ4v) is 4.99. The van der Waals surface area contributed by atoms with Gasteiger partial charge in [0.1, 0.15) is 0 Å². The SMILES string of the molecule is O=C(N[C@@H]1CN2CCC1CC2)c1nn(C(=O)C2CC2)c2ccc(NC(=O)C3CC3)cc12. The van der Waals surface area contributed by atoms with Gasteiger partial charge >= 0.3 is 0 Å². The van der Waals surface area contributed by atoms with Gasteiger partial charge in [0, 0.05) is 35.5 Å². The van der Waals surface area contributed by atoms with Gasteiger partial charge in [0.2, 0.25) is 5.91 Å². The van der Waals surface area contributed by atoms with Gasteiger partial charge in [-0.3, -0.25) is 14.4 Å². The molecule has 3 aliphatic heterocycles. The fraction of sp³-hybridized carbons (Fsp3) is 0.565. The first-order chi connectivity index (χ1) is 15.1. The maximum Gasteiger partial charge on any atom is 0.272 e. The van der Waals surface area contributed by atoms with Crippen molar-refractivity contribution in [2.45, 2.75) is 44.6 Å². The van der Waals surface area contributed by atoms with Gasteiger partial charge < -0.3 is 15.5 Å². The molecule has 2 aromatic rings. The number of nitrogens with zero attached hydrogens (tertiary/aromatic N) is 3. The summed E-state index contributed by atoms with van der Waals surface area (Å²) in [5, 5.41) is 11.2. The second-order valence-electron chi connectivity index (χ2n) is 9.59. The van der Waals surface area contributed by atoms with Crippen LogP contribution in [0.1, 0.15) is 53.8 Å². The highest BCUT2D eigenvalue weighted by Gasteiger charge is 2.37. The van der Waals surface area contributed by atoms with Gasteiger partial charge in [-0.1, -0.05) is 0 Å². The maximum atomic E-state index is 13.3. The molecule has 162 valence electrons. The highest BCUT2D eigenvalue weighted by atomic mass is 16.2. The van der Waals surface area contributed by atoms with Gasteiger partial charge in [-0.25, -0.2) is 0 Å². The normalized spacial score (nSPS) is 27.3. The standard InChI is InChI=1S/C23H27N5O3/c29-21(14-1-2-14)24-16-5-6-19-17(11-16)20(26-28(19)23(31)15-3-4-15)22(30)25-18-12-27-9-7-13(18)8-10-27/h5-6,11,13-15,18H,1-4,7-10,12H2,(H,24,29)(H,25,30)/t18-/m1/s1. The zero-order valence-electron chi connectivity index (χ0n) is 17.5. The van der Waals surface area contributed by atoms with Crippen molar-refractivity contribution in [2.75, 3.05) is 25.0 Å². The summed E-state index contributed by atoms with van der Waals surface area (Å²) in [6.45, 7) is 3.09. The summed E-state index contributed by atoms with van der Waals surface area (Å²) in [4.78, 5) is 40.7. The van der Waals surface area contributed by atoms with Crippen molar-refractivity contribution in [2.24, 2.45) is 17.8 Å². The van der Waals surface area contributed by atoms with Crippen molar-refractivity contribution in [3.8, 4) is 0 Å². The molecule has 1 atom stereocenters. The summed E-state index contributed by atoms with van der Waals surface area (Å²) in [6.07, 6.45) is 5.81. The number of hydrogen-bond donors (Lipinski definition) is 2. The summed E-state index contributed by atoms with van der Waals surface area (Å²) in [5.74, 6) is 0.311. The van der Waals surface area contributed by atoms with E-state index in [1.54, 1.807) is 18.2 Å². The molecule has 2 saturated carbocycles.